The molecular formula is C23H22N2O3S. The second kappa shape index (κ2) is 8.19. The summed E-state index contributed by atoms with van der Waals surface area (Å²) in [5, 5.41) is 2.84. The lowest BCUT2D eigenvalue weighted by atomic mass is 10.0. The summed E-state index contributed by atoms with van der Waals surface area (Å²) in [5.41, 5.74) is 3.53. The van der Waals surface area contributed by atoms with Gasteiger partial charge < -0.3 is 5.32 Å². The van der Waals surface area contributed by atoms with Crippen molar-refractivity contribution in [2.24, 2.45) is 0 Å². The minimum Gasteiger partial charge on any atom is -0.348 e. The van der Waals surface area contributed by atoms with Crippen LogP contribution in [0, 0.1) is 0 Å². The van der Waals surface area contributed by atoms with Gasteiger partial charge in [-0.3, -0.25) is 4.79 Å². The zero-order valence-corrected chi connectivity index (χ0v) is 16.7. The van der Waals surface area contributed by atoms with Crippen molar-refractivity contribution in [3.63, 3.8) is 0 Å². The number of rotatable bonds is 5. The van der Waals surface area contributed by atoms with Crippen molar-refractivity contribution >= 4 is 15.9 Å². The Morgan fingerprint density at radius 3 is 2.41 bits per heavy atom. The van der Waals surface area contributed by atoms with Crippen LogP contribution in [0.4, 0.5) is 0 Å². The van der Waals surface area contributed by atoms with Gasteiger partial charge in [0.05, 0.1) is 4.90 Å². The van der Waals surface area contributed by atoms with E-state index in [4.69, 9.17) is 0 Å². The van der Waals surface area contributed by atoms with Crippen molar-refractivity contribution in [3.05, 3.63) is 101 Å². The molecule has 0 saturated carbocycles. The van der Waals surface area contributed by atoms with E-state index in [0.717, 1.165) is 11.1 Å². The number of carbonyl (C=O) groups excluding carboxylic acids is 1. The molecule has 29 heavy (non-hydrogen) atoms. The molecule has 0 saturated heterocycles. The van der Waals surface area contributed by atoms with E-state index in [1.165, 1.54) is 15.9 Å². The first-order valence-electron chi connectivity index (χ1n) is 9.53. The molecule has 0 spiro atoms. The fourth-order valence-corrected chi connectivity index (χ4v) is 4.97. The van der Waals surface area contributed by atoms with E-state index < -0.39 is 10.0 Å². The van der Waals surface area contributed by atoms with Crippen LogP contribution in [0.2, 0.25) is 0 Å². The normalized spacial score (nSPS) is 14.2. The van der Waals surface area contributed by atoms with Gasteiger partial charge in [0.25, 0.3) is 5.91 Å². The second-order valence-corrected chi connectivity index (χ2v) is 8.99. The lowest BCUT2D eigenvalue weighted by molar-refractivity contribution is 0.0950. The monoisotopic (exact) mass is 406 g/mol. The quantitative estimate of drug-likeness (QED) is 0.707. The maximum atomic E-state index is 13.1. The van der Waals surface area contributed by atoms with E-state index in [2.05, 4.69) is 5.32 Å². The van der Waals surface area contributed by atoms with Crippen LogP contribution in [-0.4, -0.2) is 25.2 Å². The van der Waals surface area contributed by atoms with Gasteiger partial charge in [-0.1, -0.05) is 60.7 Å². The molecule has 1 aliphatic heterocycles. The molecule has 1 amide bonds. The molecule has 0 bridgehead atoms. The maximum Gasteiger partial charge on any atom is 0.251 e. The van der Waals surface area contributed by atoms with E-state index >= 15 is 0 Å². The Morgan fingerprint density at radius 2 is 1.62 bits per heavy atom. The molecule has 5 nitrogen and oxygen atoms in total. The third kappa shape index (κ3) is 4.23. The molecule has 3 aromatic rings. The van der Waals surface area contributed by atoms with Gasteiger partial charge in [0.15, 0.2) is 0 Å². The molecule has 1 aliphatic rings. The molecule has 6 heteroatoms. The van der Waals surface area contributed by atoms with Gasteiger partial charge in [0, 0.05) is 25.2 Å². The van der Waals surface area contributed by atoms with Gasteiger partial charge in [0.2, 0.25) is 10.0 Å². The number of nitrogens with one attached hydrogen (secondary N) is 1. The number of fused-ring (bicyclic) bond motifs is 1. The Hall–Kier alpha value is -2.96. The molecule has 148 valence electrons. The lowest BCUT2D eigenvalue weighted by Gasteiger charge is -2.28. The predicted octanol–water partition coefficient (Wildman–Crippen LogP) is 3.36. The highest BCUT2D eigenvalue weighted by Crippen LogP contribution is 2.25. The van der Waals surface area contributed by atoms with E-state index in [-0.39, 0.29) is 10.8 Å². The van der Waals surface area contributed by atoms with Gasteiger partial charge in [-0.2, -0.15) is 4.31 Å². The Bertz CT molecular complexity index is 1130. The van der Waals surface area contributed by atoms with E-state index in [1.807, 2.05) is 54.6 Å². The third-order valence-electron chi connectivity index (χ3n) is 5.13. The van der Waals surface area contributed by atoms with Gasteiger partial charge in [-0.15, -0.1) is 0 Å². The van der Waals surface area contributed by atoms with Crippen molar-refractivity contribution in [1.82, 2.24) is 9.62 Å². The van der Waals surface area contributed by atoms with E-state index in [9.17, 15) is 13.2 Å². The first-order valence-corrected chi connectivity index (χ1v) is 11.0. The summed E-state index contributed by atoms with van der Waals surface area (Å²) in [7, 11) is -3.67. The Labute approximate surface area is 171 Å². The first-order chi connectivity index (χ1) is 14.0. The zero-order chi connectivity index (χ0) is 20.3. The average Bonchev–Trinajstić information content (AvgIpc) is 2.78. The first kappa shape index (κ1) is 19.4. The SMILES string of the molecule is O=C(NCc1ccccc1)c1cccc(S(=O)(=O)N2CCc3ccccc3C2)c1. The topological polar surface area (TPSA) is 66.5 Å². The zero-order valence-electron chi connectivity index (χ0n) is 15.9. The molecule has 0 aliphatic carbocycles. The Morgan fingerprint density at radius 1 is 0.897 bits per heavy atom. The van der Waals surface area contributed by atoms with Crippen molar-refractivity contribution in [2.75, 3.05) is 6.54 Å². The van der Waals surface area contributed by atoms with Crippen LogP contribution in [-0.2, 0) is 29.5 Å². The Balaban J connectivity index is 1.51. The Kier molecular flexibility index (Phi) is 5.47. The van der Waals surface area contributed by atoms with Crippen LogP contribution in [0.15, 0.2) is 83.8 Å². The van der Waals surface area contributed by atoms with E-state index in [0.29, 0.717) is 31.6 Å². The molecular weight excluding hydrogens is 384 g/mol. The van der Waals surface area contributed by atoms with E-state index in [1.54, 1.807) is 18.2 Å². The molecule has 4 rings (SSSR count). The summed E-state index contributed by atoms with van der Waals surface area (Å²) in [5.74, 6) is -0.296. The van der Waals surface area contributed by atoms with Crippen LogP contribution in [0.25, 0.3) is 0 Å². The van der Waals surface area contributed by atoms with Crippen molar-refractivity contribution in [2.45, 2.75) is 24.4 Å². The maximum absolute atomic E-state index is 13.1. The fourth-order valence-electron chi connectivity index (χ4n) is 3.50. The van der Waals surface area contributed by atoms with Crippen LogP contribution >= 0.6 is 0 Å². The summed E-state index contributed by atoms with van der Waals surface area (Å²) >= 11 is 0. The number of sulfonamides is 1. The molecule has 0 fully saturated rings. The summed E-state index contributed by atoms with van der Waals surface area (Å²) in [6.45, 7) is 1.17. The highest BCUT2D eigenvalue weighted by atomic mass is 32.2. The smallest absolute Gasteiger partial charge is 0.251 e. The second-order valence-electron chi connectivity index (χ2n) is 7.05. The van der Waals surface area contributed by atoms with Crippen LogP contribution in [0.5, 0.6) is 0 Å². The van der Waals surface area contributed by atoms with Crippen LogP contribution < -0.4 is 5.32 Å². The standard InChI is InChI=1S/C23H22N2O3S/c26-23(24-16-18-7-2-1-3-8-18)20-11-6-12-22(15-20)29(27,28)25-14-13-19-9-4-5-10-21(19)17-25/h1-12,15H,13-14,16-17H2,(H,24,26). The van der Waals surface area contributed by atoms with Gasteiger partial charge >= 0.3 is 0 Å². The molecule has 3 aromatic carbocycles. The van der Waals surface area contributed by atoms with Gasteiger partial charge in [-0.25, -0.2) is 8.42 Å². The summed E-state index contributed by atoms with van der Waals surface area (Å²) in [6, 6.07) is 23.7. The highest BCUT2D eigenvalue weighted by Gasteiger charge is 2.28. The molecule has 0 atom stereocenters. The number of benzene rings is 3. The fraction of sp³-hybridized carbons (Fsp3) is 0.174. The van der Waals surface area contributed by atoms with Crippen molar-refractivity contribution < 1.29 is 13.2 Å². The average molecular weight is 407 g/mol. The number of amides is 1. The van der Waals surface area contributed by atoms with Gasteiger partial charge in [-0.05, 0) is 41.3 Å². The summed E-state index contributed by atoms with van der Waals surface area (Å²) in [4.78, 5) is 12.7. The lowest BCUT2D eigenvalue weighted by Crippen LogP contribution is -2.36. The molecule has 0 aromatic heterocycles. The molecule has 1 heterocycles. The van der Waals surface area contributed by atoms with Gasteiger partial charge in [0.1, 0.15) is 0 Å². The molecule has 1 N–H and O–H groups in total. The van der Waals surface area contributed by atoms with Crippen molar-refractivity contribution in [1.29, 1.82) is 0 Å². The number of nitrogens with zero attached hydrogens (tertiary/aromatic N) is 1. The molecule has 0 radical (unpaired) electrons. The highest BCUT2D eigenvalue weighted by molar-refractivity contribution is 7.89. The minimum absolute atomic E-state index is 0.143. The largest absolute Gasteiger partial charge is 0.348 e. The number of hydrogen-bond donors (Lipinski definition) is 1. The van der Waals surface area contributed by atoms with Crippen LogP contribution in [0.1, 0.15) is 27.0 Å². The van der Waals surface area contributed by atoms with Crippen LogP contribution in [0.3, 0.4) is 0 Å². The summed E-state index contributed by atoms with van der Waals surface area (Å²) < 4.78 is 27.8. The third-order valence-corrected chi connectivity index (χ3v) is 6.97. The molecule has 0 unspecified atom stereocenters. The number of carbonyl (C=O) groups is 1. The summed E-state index contributed by atoms with van der Waals surface area (Å²) in [6.07, 6.45) is 0.687. The predicted molar refractivity (Wildman–Crippen MR) is 112 cm³/mol. The minimum atomic E-state index is -3.67. The number of hydrogen-bond acceptors (Lipinski definition) is 3. The van der Waals surface area contributed by atoms with Crippen molar-refractivity contribution in [3.8, 4) is 0 Å².